The van der Waals surface area contributed by atoms with Gasteiger partial charge in [0, 0.05) is 19.3 Å². The van der Waals surface area contributed by atoms with Crippen molar-refractivity contribution in [1.82, 2.24) is 20.6 Å². The van der Waals surface area contributed by atoms with Crippen LogP contribution in [0.15, 0.2) is 12.4 Å². The summed E-state index contributed by atoms with van der Waals surface area (Å²) in [6.07, 6.45) is 3.39. The molecule has 80 valence electrons. The molecule has 1 aliphatic heterocycles. The highest BCUT2D eigenvalue weighted by Gasteiger charge is 2.24. The zero-order valence-electron chi connectivity index (χ0n) is 8.66. The molecule has 0 bridgehead atoms. The van der Waals surface area contributed by atoms with Gasteiger partial charge in [0.1, 0.15) is 0 Å². The molecule has 1 saturated heterocycles. The zero-order chi connectivity index (χ0) is 10.7. The molecule has 0 radical (unpaired) electrons. The van der Waals surface area contributed by atoms with Crippen LogP contribution >= 0.6 is 0 Å². The molecule has 1 fully saturated rings. The molecule has 0 saturated carbocycles. The lowest BCUT2D eigenvalue weighted by Gasteiger charge is -2.25. The highest BCUT2D eigenvalue weighted by Crippen LogP contribution is 2.02. The Hall–Kier alpha value is -1.49. The van der Waals surface area contributed by atoms with Crippen molar-refractivity contribution in [3.05, 3.63) is 23.8 Å². The van der Waals surface area contributed by atoms with Gasteiger partial charge in [0.05, 0.1) is 30.0 Å². The molecule has 1 amide bonds. The summed E-state index contributed by atoms with van der Waals surface area (Å²) in [5.41, 5.74) is 1.68. The summed E-state index contributed by atoms with van der Waals surface area (Å²) < 4.78 is 0. The van der Waals surface area contributed by atoms with Gasteiger partial charge in [-0.25, -0.2) is 0 Å². The van der Waals surface area contributed by atoms with Gasteiger partial charge in [0.2, 0.25) is 5.91 Å². The van der Waals surface area contributed by atoms with Crippen LogP contribution in [0.5, 0.6) is 0 Å². The fourth-order valence-corrected chi connectivity index (χ4v) is 1.31. The minimum atomic E-state index is 0.0936. The van der Waals surface area contributed by atoms with Crippen molar-refractivity contribution < 1.29 is 4.79 Å². The van der Waals surface area contributed by atoms with Crippen molar-refractivity contribution in [1.29, 1.82) is 0 Å². The third kappa shape index (κ3) is 2.50. The Bertz CT molecular complexity index is 345. The Balaban J connectivity index is 1.82. The Morgan fingerprint density at radius 1 is 1.53 bits per heavy atom. The summed E-state index contributed by atoms with van der Waals surface area (Å²) in [4.78, 5) is 19.7. The van der Waals surface area contributed by atoms with Gasteiger partial charge in [-0.1, -0.05) is 0 Å². The standard InChI is InChI=1S/C10H14N4O/c1-7-2-13-9(5-12-7)6-14-10(15)8-3-11-4-8/h2,5,8,11H,3-4,6H2,1H3,(H,14,15). The number of carbonyl (C=O) groups is 1. The lowest BCUT2D eigenvalue weighted by atomic mass is 10.0. The molecule has 1 aromatic heterocycles. The van der Waals surface area contributed by atoms with Gasteiger partial charge in [0.25, 0.3) is 0 Å². The summed E-state index contributed by atoms with van der Waals surface area (Å²) in [7, 11) is 0. The Morgan fingerprint density at radius 2 is 2.33 bits per heavy atom. The molecule has 1 aromatic rings. The molecule has 5 nitrogen and oxygen atoms in total. The second-order valence-electron chi connectivity index (χ2n) is 3.72. The van der Waals surface area contributed by atoms with Crippen molar-refractivity contribution >= 4 is 5.91 Å². The SMILES string of the molecule is Cc1cnc(CNC(=O)C2CNC2)cn1. The van der Waals surface area contributed by atoms with E-state index in [2.05, 4.69) is 20.6 Å². The zero-order valence-corrected chi connectivity index (χ0v) is 8.66. The molecule has 0 atom stereocenters. The first-order chi connectivity index (χ1) is 7.25. The lowest BCUT2D eigenvalue weighted by molar-refractivity contribution is -0.126. The lowest BCUT2D eigenvalue weighted by Crippen LogP contribution is -2.50. The molecule has 2 heterocycles. The van der Waals surface area contributed by atoms with Gasteiger partial charge < -0.3 is 10.6 Å². The van der Waals surface area contributed by atoms with E-state index in [-0.39, 0.29) is 11.8 Å². The van der Waals surface area contributed by atoms with Crippen LogP contribution in [0.1, 0.15) is 11.4 Å². The minimum absolute atomic E-state index is 0.0936. The first kappa shape index (κ1) is 10.0. The maximum Gasteiger partial charge on any atom is 0.226 e. The van der Waals surface area contributed by atoms with Crippen LogP contribution < -0.4 is 10.6 Å². The number of rotatable bonds is 3. The van der Waals surface area contributed by atoms with E-state index in [1.165, 1.54) is 0 Å². The van der Waals surface area contributed by atoms with Crippen LogP contribution in [-0.2, 0) is 11.3 Å². The van der Waals surface area contributed by atoms with E-state index in [9.17, 15) is 4.79 Å². The number of carbonyl (C=O) groups excluding carboxylic acids is 1. The predicted octanol–water partition coefficient (Wildman–Crippen LogP) is -0.379. The van der Waals surface area contributed by atoms with Crippen molar-refractivity contribution in [3.63, 3.8) is 0 Å². The molecule has 0 spiro atoms. The Kier molecular flexibility index (Phi) is 2.91. The molecule has 0 aliphatic carbocycles. The minimum Gasteiger partial charge on any atom is -0.350 e. The number of hydrogen-bond donors (Lipinski definition) is 2. The third-order valence-electron chi connectivity index (χ3n) is 2.43. The fourth-order valence-electron chi connectivity index (χ4n) is 1.31. The summed E-state index contributed by atoms with van der Waals surface area (Å²) in [6, 6.07) is 0. The van der Waals surface area contributed by atoms with Crippen molar-refractivity contribution in [2.45, 2.75) is 13.5 Å². The molecule has 1 aliphatic rings. The van der Waals surface area contributed by atoms with Crippen LogP contribution in [0.3, 0.4) is 0 Å². The topological polar surface area (TPSA) is 66.9 Å². The summed E-state index contributed by atoms with van der Waals surface area (Å²) in [5, 5.41) is 5.90. The van der Waals surface area contributed by atoms with Crippen LogP contribution in [0, 0.1) is 12.8 Å². The van der Waals surface area contributed by atoms with Crippen molar-refractivity contribution in [2.24, 2.45) is 5.92 Å². The van der Waals surface area contributed by atoms with Gasteiger partial charge in [-0.15, -0.1) is 0 Å². The Labute approximate surface area is 88.3 Å². The first-order valence-corrected chi connectivity index (χ1v) is 5.01. The highest BCUT2D eigenvalue weighted by atomic mass is 16.2. The normalized spacial score (nSPS) is 15.8. The summed E-state index contributed by atoms with van der Waals surface area (Å²) in [6.45, 7) is 3.91. The second kappa shape index (κ2) is 4.35. The number of amides is 1. The number of hydrogen-bond acceptors (Lipinski definition) is 4. The van der Waals surface area contributed by atoms with Gasteiger partial charge in [-0.3, -0.25) is 14.8 Å². The molecule has 0 unspecified atom stereocenters. The number of aryl methyl sites for hydroxylation is 1. The largest absolute Gasteiger partial charge is 0.350 e. The molecule has 5 heteroatoms. The maximum atomic E-state index is 11.5. The average Bonchev–Trinajstić information content (AvgIpc) is 2.14. The molecule has 2 N–H and O–H groups in total. The van der Waals surface area contributed by atoms with Crippen molar-refractivity contribution in [3.8, 4) is 0 Å². The van der Waals surface area contributed by atoms with Gasteiger partial charge in [0.15, 0.2) is 0 Å². The molecular formula is C10H14N4O. The van der Waals surface area contributed by atoms with Crippen LogP contribution in [0.2, 0.25) is 0 Å². The van der Waals surface area contributed by atoms with E-state index in [1.807, 2.05) is 6.92 Å². The van der Waals surface area contributed by atoms with Crippen LogP contribution in [0.4, 0.5) is 0 Å². The maximum absolute atomic E-state index is 11.5. The molecular weight excluding hydrogens is 192 g/mol. The number of aromatic nitrogens is 2. The highest BCUT2D eigenvalue weighted by molar-refractivity contribution is 5.79. The molecule has 15 heavy (non-hydrogen) atoms. The third-order valence-corrected chi connectivity index (χ3v) is 2.43. The number of nitrogens with zero attached hydrogens (tertiary/aromatic N) is 2. The van der Waals surface area contributed by atoms with E-state index in [0.29, 0.717) is 6.54 Å². The van der Waals surface area contributed by atoms with E-state index in [0.717, 1.165) is 24.5 Å². The smallest absolute Gasteiger partial charge is 0.226 e. The Morgan fingerprint density at radius 3 is 2.87 bits per heavy atom. The quantitative estimate of drug-likeness (QED) is 0.707. The van der Waals surface area contributed by atoms with E-state index in [1.54, 1.807) is 12.4 Å². The second-order valence-corrected chi connectivity index (χ2v) is 3.72. The summed E-state index contributed by atoms with van der Waals surface area (Å²) >= 11 is 0. The average molecular weight is 206 g/mol. The molecule has 0 aromatic carbocycles. The van der Waals surface area contributed by atoms with Crippen LogP contribution in [0.25, 0.3) is 0 Å². The monoisotopic (exact) mass is 206 g/mol. The van der Waals surface area contributed by atoms with Gasteiger partial charge in [-0.05, 0) is 6.92 Å². The predicted molar refractivity (Wildman–Crippen MR) is 55.0 cm³/mol. The van der Waals surface area contributed by atoms with Crippen molar-refractivity contribution in [2.75, 3.05) is 13.1 Å². The number of nitrogens with one attached hydrogen (secondary N) is 2. The van der Waals surface area contributed by atoms with E-state index in [4.69, 9.17) is 0 Å². The van der Waals surface area contributed by atoms with E-state index >= 15 is 0 Å². The van der Waals surface area contributed by atoms with Gasteiger partial charge >= 0.3 is 0 Å². The van der Waals surface area contributed by atoms with Crippen LogP contribution in [-0.4, -0.2) is 29.0 Å². The fraction of sp³-hybridized carbons (Fsp3) is 0.500. The van der Waals surface area contributed by atoms with Gasteiger partial charge in [-0.2, -0.15) is 0 Å². The first-order valence-electron chi connectivity index (χ1n) is 5.01. The van der Waals surface area contributed by atoms with E-state index < -0.39 is 0 Å². The molecule has 2 rings (SSSR count). The summed E-state index contributed by atoms with van der Waals surface area (Å²) in [5.74, 6) is 0.222.